The molecule has 2 aromatic rings. The van der Waals surface area contributed by atoms with Gasteiger partial charge < -0.3 is 9.84 Å². The molecular weight excluding hydrogens is 284 g/mol. The first-order valence-electron chi connectivity index (χ1n) is 7.32. The third-order valence-corrected chi connectivity index (χ3v) is 4.54. The van der Waals surface area contributed by atoms with Gasteiger partial charge >= 0.3 is 0 Å². The monoisotopic (exact) mass is 304 g/mol. The van der Waals surface area contributed by atoms with Gasteiger partial charge in [0.05, 0.1) is 18.4 Å². The first-order chi connectivity index (χ1) is 10.2. The second kappa shape index (κ2) is 6.56. The first-order valence-corrected chi connectivity index (χ1v) is 8.20. The van der Waals surface area contributed by atoms with Crippen molar-refractivity contribution in [1.82, 2.24) is 9.88 Å². The molecule has 0 unspecified atom stereocenters. The van der Waals surface area contributed by atoms with Crippen molar-refractivity contribution in [3.63, 3.8) is 0 Å². The molecule has 112 valence electrons. The Kier molecular flexibility index (Phi) is 4.53. The van der Waals surface area contributed by atoms with Crippen LogP contribution in [0.4, 0.5) is 0 Å². The molecule has 0 radical (unpaired) electrons. The lowest BCUT2D eigenvalue weighted by molar-refractivity contribution is 0.174. The molecule has 1 atom stereocenters. The van der Waals surface area contributed by atoms with E-state index in [4.69, 9.17) is 9.72 Å². The summed E-state index contributed by atoms with van der Waals surface area (Å²) in [6.45, 7) is 5.20. The Balaban J connectivity index is 1.66. The summed E-state index contributed by atoms with van der Waals surface area (Å²) in [6, 6.07) is 8.06. The molecule has 1 fully saturated rings. The fourth-order valence-corrected chi connectivity index (χ4v) is 3.37. The third-order valence-electron chi connectivity index (χ3n) is 3.60. The SMILES string of the molecule is CCOc1ccc(-c2nc(CN3CC[C@H](O)C3)cs2)cc1. The molecule has 1 aromatic heterocycles. The van der Waals surface area contributed by atoms with Crippen molar-refractivity contribution in [2.45, 2.75) is 26.0 Å². The number of hydrogen-bond acceptors (Lipinski definition) is 5. The number of aromatic nitrogens is 1. The molecule has 0 spiro atoms. The summed E-state index contributed by atoms with van der Waals surface area (Å²) in [7, 11) is 0. The lowest BCUT2D eigenvalue weighted by Crippen LogP contribution is -2.21. The lowest BCUT2D eigenvalue weighted by atomic mass is 10.2. The molecule has 5 heteroatoms. The van der Waals surface area contributed by atoms with Crippen LogP contribution in [-0.2, 0) is 6.54 Å². The van der Waals surface area contributed by atoms with Gasteiger partial charge in [-0.3, -0.25) is 4.90 Å². The van der Waals surface area contributed by atoms with Crippen LogP contribution >= 0.6 is 11.3 Å². The number of aliphatic hydroxyl groups is 1. The summed E-state index contributed by atoms with van der Waals surface area (Å²) in [5, 5.41) is 12.7. The maximum Gasteiger partial charge on any atom is 0.123 e. The van der Waals surface area contributed by atoms with Crippen LogP contribution in [0.5, 0.6) is 5.75 Å². The second-order valence-electron chi connectivity index (χ2n) is 5.28. The molecule has 1 saturated heterocycles. The van der Waals surface area contributed by atoms with E-state index in [2.05, 4.69) is 10.3 Å². The minimum atomic E-state index is -0.172. The maximum absolute atomic E-state index is 9.56. The van der Waals surface area contributed by atoms with E-state index in [1.165, 1.54) is 0 Å². The van der Waals surface area contributed by atoms with Crippen molar-refractivity contribution < 1.29 is 9.84 Å². The molecule has 1 aliphatic rings. The number of thiazole rings is 1. The van der Waals surface area contributed by atoms with E-state index in [0.29, 0.717) is 6.61 Å². The Bertz CT molecular complexity index is 582. The molecule has 1 aliphatic heterocycles. The van der Waals surface area contributed by atoms with Crippen LogP contribution in [0, 0.1) is 0 Å². The number of benzene rings is 1. The number of aliphatic hydroxyl groups excluding tert-OH is 1. The van der Waals surface area contributed by atoms with Crippen LogP contribution < -0.4 is 4.74 Å². The number of nitrogens with zero attached hydrogens (tertiary/aromatic N) is 2. The molecule has 21 heavy (non-hydrogen) atoms. The summed E-state index contributed by atoms with van der Waals surface area (Å²) in [5.74, 6) is 0.893. The molecule has 1 N–H and O–H groups in total. The van der Waals surface area contributed by atoms with E-state index < -0.39 is 0 Å². The predicted molar refractivity (Wildman–Crippen MR) is 84.6 cm³/mol. The fourth-order valence-electron chi connectivity index (χ4n) is 2.56. The van der Waals surface area contributed by atoms with Crippen molar-refractivity contribution in [1.29, 1.82) is 0 Å². The van der Waals surface area contributed by atoms with Gasteiger partial charge in [-0.05, 0) is 37.6 Å². The van der Waals surface area contributed by atoms with Crippen LogP contribution in [-0.4, -0.2) is 40.8 Å². The van der Waals surface area contributed by atoms with Crippen molar-refractivity contribution >= 4 is 11.3 Å². The second-order valence-corrected chi connectivity index (χ2v) is 6.14. The number of ether oxygens (including phenoxy) is 1. The van der Waals surface area contributed by atoms with Gasteiger partial charge in [0.1, 0.15) is 10.8 Å². The third kappa shape index (κ3) is 3.61. The van der Waals surface area contributed by atoms with Crippen LogP contribution in [0.1, 0.15) is 19.0 Å². The van der Waals surface area contributed by atoms with E-state index >= 15 is 0 Å². The Morgan fingerprint density at radius 2 is 2.19 bits per heavy atom. The van der Waals surface area contributed by atoms with E-state index in [0.717, 1.165) is 48.1 Å². The summed E-state index contributed by atoms with van der Waals surface area (Å²) < 4.78 is 5.45. The Morgan fingerprint density at radius 1 is 1.38 bits per heavy atom. The number of rotatable bonds is 5. The predicted octanol–water partition coefficient (Wildman–Crippen LogP) is 2.78. The van der Waals surface area contributed by atoms with E-state index in [1.54, 1.807) is 11.3 Å². The summed E-state index contributed by atoms with van der Waals surface area (Å²) in [4.78, 5) is 6.95. The highest BCUT2D eigenvalue weighted by Crippen LogP contribution is 2.26. The Labute approximate surface area is 129 Å². The maximum atomic E-state index is 9.56. The fraction of sp³-hybridized carbons (Fsp3) is 0.438. The molecule has 4 nitrogen and oxygen atoms in total. The zero-order valence-electron chi connectivity index (χ0n) is 12.2. The number of likely N-dealkylation sites (tertiary alicyclic amines) is 1. The number of hydrogen-bond donors (Lipinski definition) is 1. The van der Waals surface area contributed by atoms with Crippen molar-refractivity contribution in [2.75, 3.05) is 19.7 Å². The minimum Gasteiger partial charge on any atom is -0.494 e. The van der Waals surface area contributed by atoms with Gasteiger partial charge in [0.25, 0.3) is 0 Å². The quantitative estimate of drug-likeness (QED) is 0.922. The van der Waals surface area contributed by atoms with Crippen LogP contribution in [0.25, 0.3) is 10.6 Å². The highest BCUT2D eigenvalue weighted by molar-refractivity contribution is 7.13. The van der Waals surface area contributed by atoms with Gasteiger partial charge in [0.2, 0.25) is 0 Å². The highest BCUT2D eigenvalue weighted by atomic mass is 32.1. The van der Waals surface area contributed by atoms with Gasteiger partial charge in [-0.2, -0.15) is 0 Å². The van der Waals surface area contributed by atoms with Crippen molar-refractivity contribution in [2.24, 2.45) is 0 Å². The molecule has 2 heterocycles. The normalized spacial score (nSPS) is 19.0. The Morgan fingerprint density at radius 3 is 2.86 bits per heavy atom. The van der Waals surface area contributed by atoms with Gasteiger partial charge in [-0.15, -0.1) is 11.3 Å². The van der Waals surface area contributed by atoms with E-state index in [-0.39, 0.29) is 6.10 Å². The van der Waals surface area contributed by atoms with Crippen LogP contribution in [0.3, 0.4) is 0 Å². The molecule has 1 aromatic carbocycles. The molecular formula is C16H20N2O2S. The average Bonchev–Trinajstić information content (AvgIpc) is 3.10. The van der Waals surface area contributed by atoms with Crippen LogP contribution in [0.2, 0.25) is 0 Å². The zero-order chi connectivity index (χ0) is 14.7. The zero-order valence-corrected chi connectivity index (χ0v) is 13.0. The highest BCUT2D eigenvalue weighted by Gasteiger charge is 2.20. The van der Waals surface area contributed by atoms with Gasteiger partial charge in [-0.25, -0.2) is 4.98 Å². The van der Waals surface area contributed by atoms with Crippen LogP contribution in [0.15, 0.2) is 29.6 Å². The molecule has 0 amide bonds. The summed E-state index contributed by atoms with van der Waals surface area (Å²) >= 11 is 1.66. The topological polar surface area (TPSA) is 45.6 Å². The number of β-amino-alcohol motifs (C(OH)–C–C–N with tert-alkyl or cyclic N) is 1. The molecule has 0 saturated carbocycles. The summed E-state index contributed by atoms with van der Waals surface area (Å²) in [6.07, 6.45) is 0.699. The average molecular weight is 304 g/mol. The molecule has 3 rings (SSSR count). The molecule has 0 aliphatic carbocycles. The molecule has 0 bridgehead atoms. The minimum absolute atomic E-state index is 0.172. The lowest BCUT2D eigenvalue weighted by Gasteiger charge is -2.12. The van der Waals surface area contributed by atoms with Gasteiger partial charge in [0, 0.05) is 30.6 Å². The van der Waals surface area contributed by atoms with E-state index in [9.17, 15) is 5.11 Å². The standard InChI is InChI=1S/C16H20N2O2S/c1-2-20-15-5-3-12(4-6-15)16-17-13(11-21-16)9-18-8-7-14(19)10-18/h3-6,11,14,19H,2,7-10H2,1H3/t14-/m0/s1. The Hall–Kier alpha value is -1.43. The van der Waals surface area contributed by atoms with Gasteiger partial charge in [0.15, 0.2) is 0 Å². The summed E-state index contributed by atoms with van der Waals surface area (Å²) in [5.41, 5.74) is 2.20. The van der Waals surface area contributed by atoms with E-state index in [1.807, 2.05) is 31.2 Å². The first kappa shape index (κ1) is 14.5. The van der Waals surface area contributed by atoms with Crippen molar-refractivity contribution in [3.8, 4) is 16.3 Å². The largest absolute Gasteiger partial charge is 0.494 e. The van der Waals surface area contributed by atoms with Gasteiger partial charge in [-0.1, -0.05) is 0 Å². The smallest absolute Gasteiger partial charge is 0.123 e. The van der Waals surface area contributed by atoms with Crippen molar-refractivity contribution in [3.05, 3.63) is 35.3 Å².